The number of nitrogens with zero attached hydrogens (tertiary/aromatic N) is 2. The van der Waals surface area contributed by atoms with E-state index in [9.17, 15) is 0 Å². The summed E-state index contributed by atoms with van der Waals surface area (Å²) >= 11 is 0. The molecule has 2 aromatic rings. The van der Waals surface area contributed by atoms with Crippen molar-refractivity contribution in [3.8, 4) is 0 Å². The molecular formula is C23H29N3. The van der Waals surface area contributed by atoms with Crippen LogP contribution in [0.15, 0.2) is 48.5 Å². The lowest BCUT2D eigenvalue weighted by Gasteiger charge is -2.46. The van der Waals surface area contributed by atoms with Gasteiger partial charge in [0.05, 0.1) is 0 Å². The van der Waals surface area contributed by atoms with E-state index >= 15 is 0 Å². The molecule has 2 heterocycles. The summed E-state index contributed by atoms with van der Waals surface area (Å²) in [6, 6.07) is 19.3. The van der Waals surface area contributed by atoms with Gasteiger partial charge in [-0.05, 0) is 67.6 Å². The smallest absolute Gasteiger partial charge is 0.0395 e. The van der Waals surface area contributed by atoms with Gasteiger partial charge in [-0.2, -0.15) is 0 Å². The van der Waals surface area contributed by atoms with Crippen LogP contribution in [0.5, 0.6) is 0 Å². The molecule has 2 aromatic carbocycles. The Bertz CT molecular complexity index is 762. The van der Waals surface area contributed by atoms with Crippen molar-refractivity contribution in [1.82, 2.24) is 4.90 Å². The van der Waals surface area contributed by atoms with Crippen LogP contribution in [0.25, 0.3) is 0 Å². The molecule has 2 saturated heterocycles. The van der Waals surface area contributed by atoms with Crippen molar-refractivity contribution in [3.05, 3.63) is 65.2 Å². The third kappa shape index (κ3) is 2.93. The molecule has 2 aliphatic heterocycles. The topological polar surface area (TPSA) is 32.5 Å². The second kappa shape index (κ2) is 6.71. The first-order chi connectivity index (χ1) is 12.8. The van der Waals surface area contributed by atoms with Crippen molar-refractivity contribution in [2.45, 2.75) is 43.7 Å². The minimum absolute atomic E-state index is 0.347. The van der Waals surface area contributed by atoms with Gasteiger partial charge in [0, 0.05) is 36.8 Å². The minimum atomic E-state index is 0.347. The van der Waals surface area contributed by atoms with Crippen LogP contribution in [0, 0.1) is 0 Å². The van der Waals surface area contributed by atoms with Crippen molar-refractivity contribution >= 4 is 5.69 Å². The number of fused-ring (bicyclic) bond motifs is 1. The summed E-state index contributed by atoms with van der Waals surface area (Å²) in [6.45, 7) is 4.56. The Morgan fingerprint density at radius 1 is 1.00 bits per heavy atom. The molecule has 0 spiro atoms. The van der Waals surface area contributed by atoms with Crippen molar-refractivity contribution < 1.29 is 0 Å². The van der Waals surface area contributed by atoms with Gasteiger partial charge in [-0.1, -0.05) is 36.4 Å². The molecule has 0 radical (unpaired) electrons. The van der Waals surface area contributed by atoms with E-state index in [-0.39, 0.29) is 0 Å². The number of likely N-dealkylation sites (tertiary alicyclic amines) is 1. The molecule has 3 nitrogen and oxygen atoms in total. The molecule has 0 amide bonds. The molecule has 2 fully saturated rings. The van der Waals surface area contributed by atoms with Crippen molar-refractivity contribution in [2.75, 3.05) is 31.1 Å². The first-order valence-corrected chi connectivity index (χ1v) is 10.2. The molecule has 26 heavy (non-hydrogen) atoms. The number of aryl methyl sites for hydroxylation is 1. The number of anilines is 1. The summed E-state index contributed by atoms with van der Waals surface area (Å²) in [4.78, 5) is 5.15. The van der Waals surface area contributed by atoms with Crippen LogP contribution in [0.2, 0.25) is 0 Å². The Kier molecular flexibility index (Phi) is 4.22. The summed E-state index contributed by atoms with van der Waals surface area (Å²) in [6.07, 6.45) is 5.05. The maximum Gasteiger partial charge on any atom is 0.0395 e. The molecule has 0 unspecified atom stereocenters. The molecule has 0 saturated carbocycles. The fourth-order valence-corrected chi connectivity index (χ4v) is 5.01. The molecule has 0 aromatic heterocycles. The monoisotopic (exact) mass is 347 g/mol. The van der Waals surface area contributed by atoms with Crippen LogP contribution >= 0.6 is 0 Å². The molecule has 3 aliphatic rings. The zero-order chi connectivity index (χ0) is 17.5. The maximum absolute atomic E-state index is 6.01. The SMILES string of the molecule is NC1CN(c2ccc3c(c2)[C@@H](Cc2ccccc2)[C@@H](N2CCC2)CC3)C1. The van der Waals surface area contributed by atoms with Crippen molar-refractivity contribution in [2.24, 2.45) is 5.73 Å². The van der Waals surface area contributed by atoms with Crippen LogP contribution in [0.4, 0.5) is 5.69 Å². The van der Waals surface area contributed by atoms with Gasteiger partial charge in [-0.3, -0.25) is 4.90 Å². The second-order valence-corrected chi connectivity index (χ2v) is 8.34. The maximum atomic E-state index is 6.01. The van der Waals surface area contributed by atoms with Gasteiger partial charge in [0.2, 0.25) is 0 Å². The van der Waals surface area contributed by atoms with E-state index in [1.807, 2.05) is 0 Å². The van der Waals surface area contributed by atoms with Gasteiger partial charge in [0.15, 0.2) is 0 Å². The number of nitrogens with two attached hydrogens (primary N) is 1. The normalized spacial score (nSPS) is 26.1. The second-order valence-electron chi connectivity index (χ2n) is 8.34. The Hall–Kier alpha value is -1.84. The number of hydrogen-bond acceptors (Lipinski definition) is 3. The summed E-state index contributed by atoms with van der Waals surface area (Å²) < 4.78 is 0. The van der Waals surface area contributed by atoms with Crippen molar-refractivity contribution in [3.63, 3.8) is 0 Å². The van der Waals surface area contributed by atoms with Gasteiger partial charge in [-0.25, -0.2) is 0 Å². The first-order valence-electron chi connectivity index (χ1n) is 10.2. The van der Waals surface area contributed by atoms with E-state index in [2.05, 4.69) is 58.3 Å². The Morgan fingerprint density at radius 3 is 2.50 bits per heavy atom. The quantitative estimate of drug-likeness (QED) is 0.922. The molecule has 136 valence electrons. The lowest BCUT2D eigenvalue weighted by atomic mass is 9.74. The van der Waals surface area contributed by atoms with Crippen LogP contribution in [0.1, 0.15) is 35.4 Å². The molecular weight excluding hydrogens is 318 g/mol. The van der Waals surface area contributed by atoms with Crippen LogP contribution < -0.4 is 10.6 Å². The Labute approximate surface area is 156 Å². The van der Waals surface area contributed by atoms with Crippen molar-refractivity contribution in [1.29, 1.82) is 0 Å². The van der Waals surface area contributed by atoms with Crippen LogP contribution in [-0.2, 0) is 12.8 Å². The summed E-state index contributed by atoms with van der Waals surface area (Å²) in [5.41, 5.74) is 12.0. The van der Waals surface area contributed by atoms with E-state index in [1.165, 1.54) is 43.6 Å². The predicted molar refractivity (Wildman–Crippen MR) is 108 cm³/mol. The molecule has 5 rings (SSSR count). The number of rotatable bonds is 4. The average Bonchev–Trinajstić information content (AvgIpc) is 2.60. The third-order valence-corrected chi connectivity index (χ3v) is 6.64. The van der Waals surface area contributed by atoms with Crippen LogP contribution in [-0.4, -0.2) is 43.2 Å². The standard InChI is InChI=1S/C23H29N3/c24-19-15-26(16-19)20-9-7-18-8-10-23(25-11-4-12-25)22(21(18)14-20)13-17-5-2-1-3-6-17/h1-3,5-7,9,14,19,22-23H,4,8,10-13,15-16,24H2/t22-,23+/m1/s1. The zero-order valence-electron chi connectivity index (χ0n) is 15.5. The number of hydrogen-bond donors (Lipinski definition) is 1. The van der Waals surface area contributed by atoms with Gasteiger partial charge in [0.1, 0.15) is 0 Å². The molecule has 1 aliphatic carbocycles. The van der Waals surface area contributed by atoms with Gasteiger partial charge < -0.3 is 10.6 Å². The summed E-state index contributed by atoms with van der Waals surface area (Å²) in [5.74, 6) is 0.608. The fraction of sp³-hybridized carbons (Fsp3) is 0.478. The highest BCUT2D eigenvalue weighted by atomic mass is 15.2. The van der Waals surface area contributed by atoms with E-state index in [0.29, 0.717) is 18.0 Å². The lowest BCUT2D eigenvalue weighted by Crippen LogP contribution is -2.56. The molecule has 3 heteroatoms. The van der Waals surface area contributed by atoms with E-state index in [0.717, 1.165) is 19.5 Å². The number of benzene rings is 2. The van der Waals surface area contributed by atoms with Gasteiger partial charge in [0.25, 0.3) is 0 Å². The highest BCUT2D eigenvalue weighted by molar-refractivity contribution is 5.55. The average molecular weight is 348 g/mol. The minimum Gasteiger partial charge on any atom is -0.368 e. The van der Waals surface area contributed by atoms with E-state index in [1.54, 1.807) is 11.1 Å². The Morgan fingerprint density at radius 2 is 1.81 bits per heavy atom. The predicted octanol–water partition coefficient (Wildman–Crippen LogP) is 3.18. The first kappa shape index (κ1) is 16.3. The molecule has 2 atom stereocenters. The molecule has 2 N–H and O–H groups in total. The largest absolute Gasteiger partial charge is 0.368 e. The van der Waals surface area contributed by atoms with Gasteiger partial charge in [-0.15, -0.1) is 0 Å². The van der Waals surface area contributed by atoms with Gasteiger partial charge >= 0.3 is 0 Å². The summed E-state index contributed by atoms with van der Waals surface area (Å²) in [5, 5.41) is 0. The van der Waals surface area contributed by atoms with E-state index in [4.69, 9.17) is 5.73 Å². The van der Waals surface area contributed by atoms with Crippen LogP contribution in [0.3, 0.4) is 0 Å². The highest BCUT2D eigenvalue weighted by Gasteiger charge is 2.36. The molecule has 0 bridgehead atoms. The lowest BCUT2D eigenvalue weighted by molar-refractivity contribution is 0.0877. The Balaban J connectivity index is 1.48. The van der Waals surface area contributed by atoms with E-state index < -0.39 is 0 Å². The fourth-order valence-electron chi connectivity index (χ4n) is 5.01. The third-order valence-electron chi connectivity index (χ3n) is 6.64. The summed E-state index contributed by atoms with van der Waals surface area (Å²) in [7, 11) is 0. The zero-order valence-corrected chi connectivity index (χ0v) is 15.5. The highest BCUT2D eigenvalue weighted by Crippen LogP contribution is 2.40.